The number of carbonyl (C=O) groups is 2. The van der Waals surface area contributed by atoms with Crippen molar-refractivity contribution in [3.63, 3.8) is 0 Å². The molecule has 0 unspecified atom stereocenters. The van der Waals surface area contributed by atoms with Gasteiger partial charge in [0.2, 0.25) is 0 Å². The molecule has 0 spiro atoms. The monoisotopic (exact) mass is 570 g/mol. The third-order valence-corrected chi connectivity index (χ3v) is 7.75. The number of esters is 2. The van der Waals surface area contributed by atoms with Gasteiger partial charge in [-0.15, -0.1) is 0 Å². The summed E-state index contributed by atoms with van der Waals surface area (Å²) in [5.74, 6) is -0.513. The largest absolute Gasteiger partial charge is 0.462 e. The van der Waals surface area contributed by atoms with E-state index in [0.29, 0.717) is 24.3 Å². The van der Waals surface area contributed by atoms with E-state index in [1.165, 1.54) is 64.2 Å². The van der Waals surface area contributed by atoms with Crippen LogP contribution in [0.5, 0.6) is 0 Å². The first-order valence-corrected chi connectivity index (χ1v) is 16.3. The minimum Gasteiger partial charge on any atom is -0.462 e. The van der Waals surface area contributed by atoms with Crippen LogP contribution in [-0.4, -0.2) is 25.2 Å². The summed E-state index contributed by atoms with van der Waals surface area (Å²) in [5.41, 5.74) is 5.41. The summed E-state index contributed by atoms with van der Waals surface area (Å²) in [6.07, 6.45) is 16.8. The molecule has 0 radical (unpaired) electrons. The average Bonchev–Trinajstić information content (AvgIpc) is 3.03. The molecular weight excluding hydrogens is 520 g/mol. The fourth-order valence-corrected chi connectivity index (χ4v) is 5.07. The van der Waals surface area contributed by atoms with Gasteiger partial charge in [0.15, 0.2) is 0 Å². The standard InChI is InChI=1S/C38H50O4/c1-3-5-7-9-11-13-15-29-41-37(39)35-25-21-33(22-26-35)31-17-19-32(20-18-31)34-23-27-36(28-24-34)38(40)42-30-16-14-12-10-8-6-4-2/h17-28H,3-16,29-30H2,1-2H3. The molecule has 4 heteroatoms. The predicted molar refractivity (Wildman–Crippen MR) is 174 cm³/mol. The number of unbranched alkanes of at least 4 members (excludes halogenated alkanes) is 12. The highest BCUT2D eigenvalue weighted by Crippen LogP contribution is 2.26. The molecule has 0 N–H and O–H groups in total. The van der Waals surface area contributed by atoms with Gasteiger partial charge in [0.25, 0.3) is 0 Å². The normalized spacial score (nSPS) is 10.9. The second kappa shape index (κ2) is 19.7. The van der Waals surface area contributed by atoms with E-state index in [-0.39, 0.29) is 11.9 Å². The van der Waals surface area contributed by atoms with Gasteiger partial charge in [-0.25, -0.2) is 9.59 Å². The molecule has 42 heavy (non-hydrogen) atoms. The molecular formula is C38H50O4. The number of rotatable bonds is 20. The molecule has 0 fully saturated rings. The topological polar surface area (TPSA) is 52.6 Å². The van der Waals surface area contributed by atoms with Crippen LogP contribution in [0.1, 0.15) is 124 Å². The Morgan fingerprint density at radius 1 is 0.405 bits per heavy atom. The van der Waals surface area contributed by atoms with E-state index >= 15 is 0 Å². The lowest BCUT2D eigenvalue weighted by molar-refractivity contribution is 0.0488. The van der Waals surface area contributed by atoms with Crippen molar-refractivity contribution < 1.29 is 19.1 Å². The first kappa shape index (κ1) is 33.1. The zero-order valence-corrected chi connectivity index (χ0v) is 25.9. The van der Waals surface area contributed by atoms with Gasteiger partial charge in [-0.1, -0.05) is 139 Å². The summed E-state index contributed by atoms with van der Waals surface area (Å²) in [7, 11) is 0. The predicted octanol–water partition coefficient (Wildman–Crippen LogP) is 10.8. The maximum atomic E-state index is 12.4. The summed E-state index contributed by atoms with van der Waals surface area (Å²) in [5, 5.41) is 0. The molecule has 4 nitrogen and oxygen atoms in total. The Morgan fingerprint density at radius 3 is 0.976 bits per heavy atom. The van der Waals surface area contributed by atoms with Crippen LogP contribution in [0, 0.1) is 0 Å². The SMILES string of the molecule is CCCCCCCCCOC(=O)c1ccc(-c2ccc(-c3ccc(C(=O)OCCCCCCCCC)cc3)cc2)cc1. The molecule has 0 aliphatic heterocycles. The van der Waals surface area contributed by atoms with Crippen LogP contribution in [0.3, 0.4) is 0 Å². The van der Waals surface area contributed by atoms with Gasteiger partial charge in [-0.3, -0.25) is 0 Å². The summed E-state index contributed by atoms with van der Waals surface area (Å²) in [6, 6.07) is 23.5. The van der Waals surface area contributed by atoms with Crippen LogP contribution in [0.2, 0.25) is 0 Å². The lowest BCUT2D eigenvalue weighted by Crippen LogP contribution is -2.06. The molecule has 0 atom stereocenters. The van der Waals surface area contributed by atoms with E-state index in [1.807, 2.05) is 48.5 Å². The third kappa shape index (κ3) is 11.8. The van der Waals surface area contributed by atoms with Crippen molar-refractivity contribution in [2.45, 2.75) is 104 Å². The Labute approximate surface area is 253 Å². The summed E-state index contributed by atoms with van der Waals surface area (Å²) in [6.45, 7) is 5.42. The number of benzene rings is 3. The highest BCUT2D eigenvalue weighted by Gasteiger charge is 2.09. The van der Waals surface area contributed by atoms with Crippen molar-refractivity contribution in [3.8, 4) is 22.3 Å². The van der Waals surface area contributed by atoms with Gasteiger partial charge in [-0.05, 0) is 59.4 Å². The maximum absolute atomic E-state index is 12.4. The quantitative estimate of drug-likeness (QED) is 0.100. The van der Waals surface area contributed by atoms with Crippen LogP contribution in [0.25, 0.3) is 22.3 Å². The van der Waals surface area contributed by atoms with E-state index in [1.54, 1.807) is 0 Å². The summed E-state index contributed by atoms with van der Waals surface area (Å²) in [4.78, 5) is 24.8. The Morgan fingerprint density at radius 2 is 0.667 bits per heavy atom. The lowest BCUT2D eigenvalue weighted by Gasteiger charge is -2.08. The van der Waals surface area contributed by atoms with Crippen molar-refractivity contribution in [1.82, 2.24) is 0 Å². The Balaban J connectivity index is 1.41. The zero-order valence-electron chi connectivity index (χ0n) is 25.9. The minimum absolute atomic E-state index is 0.256. The summed E-state index contributed by atoms with van der Waals surface area (Å²) < 4.78 is 10.9. The molecule has 3 aromatic rings. The number of hydrogen-bond donors (Lipinski definition) is 0. The van der Waals surface area contributed by atoms with Gasteiger partial charge in [-0.2, -0.15) is 0 Å². The van der Waals surface area contributed by atoms with Crippen molar-refractivity contribution >= 4 is 11.9 Å². The van der Waals surface area contributed by atoms with Gasteiger partial charge < -0.3 is 9.47 Å². The second-order valence-electron chi connectivity index (χ2n) is 11.2. The Hall–Kier alpha value is -3.40. The van der Waals surface area contributed by atoms with Gasteiger partial charge >= 0.3 is 11.9 Å². The lowest BCUT2D eigenvalue weighted by atomic mass is 9.99. The summed E-state index contributed by atoms with van der Waals surface area (Å²) >= 11 is 0. The molecule has 0 aliphatic rings. The van der Waals surface area contributed by atoms with Gasteiger partial charge in [0.05, 0.1) is 24.3 Å². The second-order valence-corrected chi connectivity index (χ2v) is 11.2. The minimum atomic E-state index is -0.256. The molecule has 0 amide bonds. The zero-order chi connectivity index (χ0) is 29.8. The first-order chi connectivity index (χ1) is 20.6. The number of hydrogen-bond acceptors (Lipinski definition) is 4. The number of ether oxygens (including phenoxy) is 2. The smallest absolute Gasteiger partial charge is 0.338 e. The number of carbonyl (C=O) groups excluding carboxylic acids is 2. The first-order valence-electron chi connectivity index (χ1n) is 16.3. The van der Waals surface area contributed by atoms with E-state index in [9.17, 15) is 9.59 Å². The fraction of sp³-hybridized carbons (Fsp3) is 0.474. The van der Waals surface area contributed by atoms with E-state index in [4.69, 9.17) is 9.47 Å². The Kier molecular flexibility index (Phi) is 15.5. The average molecular weight is 571 g/mol. The molecule has 226 valence electrons. The fourth-order valence-electron chi connectivity index (χ4n) is 5.07. The molecule has 0 aliphatic carbocycles. The van der Waals surface area contributed by atoms with Crippen molar-refractivity contribution in [1.29, 1.82) is 0 Å². The van der Waals surface area contributed by atoms with E-state index in [2.05, 4.69) is 38.1 Å². The van der Waals surface area contributed by atoms with Gasteiger partial charge in [0, 0.05) is 0 Å². The molecule has 0 bridgehead atoms. The molecule has 0 heterocycles. The van der Waals surface area contributed by atoms with E-state index in [0.717, 1.165) is 47.9 Å². The maximum Gasteiger partial charge on any atom is 0.338 e. The van der Waals surface area contributed by atoms with Crippen LogP contribution in [-0.2, 0) is 9.47 Å². The molecule has 0 aromatic heterocycles. The van der Waals surface area contributed by atoms with Crippen molar-refractivity contribution in [2.75, 3.05) is 13.2 Å². The Bertz CT molecular complexity index is 1070. The molecule has 3 rings (SSSR count). The van der Waals surface area contributed by atoms with Crippen LogP contribution >= 0.6 is 0 Å². The molecule has 0 saturated carbocycles. The highest BCUT2D eigenvalue weighted by molar-refractivity contribution is 5.90. The molecule has 0 saturated heterocycles. The van der Waals surface area contributed by atoms with Gasteiger partial charge in [0.1, 0.15) is 0 Å². The highest BCUT2D eigenvalue weighted by atomic mass is 16.5. The van der Waals surface area contributed by atoms with Crippen molar-refractivity contribution in [2.24, 2.45) is 0 Å². The molecule has 3 aromatic carbocycles. The third-order valence-electron chi connectivity index (χ3n) is 7.75. The van der Waals surface area contributed by atoms with Crippen LogP contribution in [0.15, 0.2) is 72.8 Å². The van der Waals surface area contributed by atoms with Crippen LogP contribution < -0.4 is 0 Å². The van der Waals surface area contributed by atoms with Crippen LogP contribution in [0.4, 0.5) is 0 Å². The van der Waals surface area contributed by atoms with Crippen molar-refractivity contribution in [3.05, 3.63) is 83.9 Å². The van der Waals surface area contributed by atoms with E-state index < -0.39 is 0 Å².